The fraction of sp³-hybridized carbons (Fsp3) is 1.00. The predicted octanol–water partition coefficient (Wildman–Crippen LogP) is -4.09. The van der Waals surface area contributed by atoms with E-state index in [1.165, 1.54) is 0 Å². The molecule has 5 N–H and O–H groups in total. The molecule has 1 saturated heterocycles. The van der Waals surface area contributed by atoms with Crippen LogP contribution in [0, 0.1) is 0 Å². The van der Waals surface area contributed by atoms with Gasteiger partial charge in [-0.3, -0.25) is 22.8 Å². The van der Waals surface area contributed by atoms with E-state index in [1.807, 2.05) is 0 Å². The van der Waals surface area contributed by atoms with Crippen LogP contribution >= 0.6 is 0 Å². The Labute approximate surface area is 179 Å². The SMILES string of the molecule is O=S(=O)(O)OC[C@H]1O[C@H](OS(=O)(=O)O)[C@@H](OS(=O)(=O)O)[C@@H](OS(=O)(=O)O)[C@@H]1OS(=O)(=O)O. The number of rotatable bonds is 11. The highest BCUT2D eigenvalue weighted by Crippen LogP contribution is 2.32. The lowest BCUT2D eigenvalue weighted by molar-refractivity contribution is -0.261. The van der Waals surface area contributed by atoms with Crippen LogP contribution in [0.25, 0.3) is 0 Å². The molecular weight excluding hydrogens is 568 g/mol. The summed E-state index contributed by atoms with van der Waals surface area (Å²) in [4.78, 5) is 0. The van der Waals surface area contributed by atoms with Crippen molar-refractivity contribution in [2.75, 3.05) is 6.61 Å². The number of hydrogen-bond acceptors (Lipinski definition) is 16. The summed E-state index contributed by atoms with van der Waals surface area (Å²) in [6, 6.07) is 0. The minimum absolute atomic E-state index is 1.62. The molecule has 0 unspecified atom stereocenters. The van der Waals surface area contributed by atoms with Crippen molar-refractivity contribution in [3.8, 4) is 0 Å². The van der Waals surface area contributed by atoms with Gasteiger partial charge in [0, 0.05) is 0 Å². The second-order valence-corrected chi connectivity index (χ2v) is 10.5. The van der Waals surface area contributed by atoms with Crippen LogP contribution in [0.5, 0.6) is 0 Å². The molecule has 0 radical (unpaired) electrons. The third-order valence-electron chi connectivity index (χ3n) is 2.89. The molecule has 1 fully saturated rings. The monoisotopic (exact) mass is 580 g/mol. The van der Waals surface area contributed by atoms with Gasteiger partial charge >= 0.3 is 52.0 Å². The van der Waals surface area contributed by atoms with Gasteiger partial charge in [0.05, 0.1) is 6.61 Å². The van der Waals surface area contributed by atoms with Crippen LogP contribution in [0.1, 0.15) is 0 Å². The van der Waals surface area contributed by atoms with E-state index in [4.69, 9.17) is 22.8 Å². The lowest BCUT2D eigenvalue weighted by Gasteiger charge is -2.42. The van der Waals surface area contributed by atoms with Gasteiger partial charge in [0.2, 0.25) is 6.29 Å². The quantitative estimate of drug-likeness (QED) is 0.145. The molecule has 0 bridgehead atoms. The summed E-state index contributed by atoms with van der Waals surface area (Å²) in [7, 11) is -28.3. The first kappa shape index (κ1) is 29.3. The molecule has 0 aliphatic carbocycles. The molecule has 0 saturated carbocycles. The van der Waals surface area contributed by atoms with Gasteiger partial charge in [-0.25, -0.2) is 20.9 Å². The second-order valence-electron chi connectivity index (χ2n) is 5.24. The third-order valence-corrected chi connectivity index (χ3v) is 5.15. The van der Waals surface area contributed by atoms with Gasteiger partial charge in [-0.2, -0.15) is 42.1 Å². The first-order valence-electron chi connectivity index (χ1n) is 6.86. The molecule has 1 aliphatic heterocycles. The molecule has 0 aromatic rings. The van der Waals surface area contributed by atoms with Crippen LogP contribution in [0.4, 0.5) is 0 Å². The van der Waals surface area contributed by atoms with Gasteiger partial charge < -0.3 is 4.74 Å². The zero-order chi connectivity index (χ0) is 25.3. The second kappa shape index (κ2) is 9.89. The Morgan fingerprint density at radius 1 is 0.531 bits per heavy atom. The van der Waals surface area contributed by atoms with Crippen molar-refractivity contribution < 1.29 is 90.5 Å². The van der Waals surface area contributed by atoms with E-state index in [0.717, 1.165) is 0 Å². The van der Waals surface area contributed by atoms with E-state index in [1.54, 1.807) is 0 Å². The average molecular weight is 580 g/mol. The van der Waals surface area contributed by atoms with Crippen LogP contribution in [0.15, 0.2) is 0 Å². The molecule has 0 spiro atoms. The van der Waals surface area contributed by atoms with E-state index < -0.39 is 89.3 Å². The predicted molar refractivity (Wildman–Crippen MR) is 88.1 cm³/mol. The van der Waals surface area contributed by atoms with Crippen molar-refractivity contribution in [2.45, 2.75) is 30.7 Å². The summed E-state index contributed by atoms with van der Waals surface area (Å²) < 4.78 is 178. The Hall–Kier alpha value is -0.690. The van der Waals surface area contributed by atoms with Gasteiger partial charge in [0.1, 0.15) is 18.3 Å². The van der Waals surface area contributed by atoms with E-state index >= 15 is 0 Å². The Kier molecular flexibility index (Phi) is 9.07. The van der Waals surface area contributed by atoms with Gasteiger partial charge in [-0.05, 0) is 0 Å². The van der Waals surface area contributed by atoms with Crippen molar-refractivity contribution in [3.05, 3.63) is 0 Å². The zero-order valence-electron chi connectivity index (χ0n) is 14.4. The van der Waals surface area contributed by atoms with E-state index in [0.29, 0.717) is 0 Å². The van der Waals surface area contributed by atoms with Crippen molar-refractivity contribution in [1.29, 1.82) is 0 Å². The maximum absolute atomic E-state index is 11.1. The highest BCUT2D eigenvalue weighted by atomic mass is 32.3. The van der Waals surface area contributed by atoms with E-state index in [9.17, 15) is 42.1 Å². The van der Waals surface area contributed by atoms with Crippen LogP contribution < -0.4 is 0 Å². The largest absolute Gasteiger partial charge is 0.399 e. The summed E-state index contributed by atoms with van der Waals surface area (Å²) in [5.74, 6) is 0. The van der Waals surface area contributed by atoms with E-state index in [-0.39, 0.29) is 0 Å². The topological polar surface area (TPSA) is 327 Å². The standard InChI is InChI=1S/C6H12O21S5/c7-28(8,9)22-1-2-3(24-29(10,11)12)4(25-30(13,14)15)5(26-31(16,17)18)6(23-2)27-32(19,20)21/h2-6H,1H2,(H,7,8,9)(H,10,11,12)(H,13,14,15)(H,16,17,18)(H,19,20,21)/t2-,3-,4+,5+,6-/m1/s1. The smallest absolute Gasteiger partial charge is 0.340 e. The van der Waals surface area contributed by atoms with Crippen LogP contribution in [-0.2, 0) is 77.6 Å². The Bertz CT molecular complexity index is 1190. The minimum Gasteiger partial charge on any atom is -0.340 e. The molecule has 21 nitrogen and oxygen atoms in total. The van der Waals surface area contributed by atoms with Gasteiger partial charge in [0.25, 0.3) is 0 Å². The average Bonchev–Trinajstić information content (AvgIpc) is 2.45. The van der Waals surface area contributed by atoms with E-state index in [2.05, 4.69) is 25.7 Å². The molecule has 32 heavy (non-hydrogen) atoms. The first-order chi connectivity index (χ1) is 14.0. The first-order valence-corrected chi connectivity index (χ1v) is 13.7. The van der Waals surface area contributed by atoms with Crippen molar-refractivity contribution in [3.63, 3.8) is 0 Å². The Morgan fingerprint density at radius 3 is 1.28 bits per heavy atom. The highest BCUT2D eigenvalue weighted by Gasteiger charge is 2.55. The highest BCUT2D eigenvalue weighted by molar-refractivity contribution is 7.82. The number of hydrogen-bond donors (Lipinski definition) is 5. The maximum atomic E-state index is 11.1. The molecule has 26 heteroatoms. The third kappa shape index (κ3) is 11.4. The van der Waals surface area contributed by atoms with Crippen LogP contribution in [0.3, 0.4) is 0 Å². The lowest BCUT2D eigenvalue weighted by atomic mass is 9.99. The van der Waals surface area contributed by atoms with Crippen LogP contribution in [0.2, 0.25) is 0 Å². The summed E-state index contributed by atoms with van der Waals surface area (Å²) in [6.07, 6.45) is -14.2. The molecule has 0 aromatic heterocycles. The molecule has 192 valence electrons. The molecule has 1 heterocycles. The van der Waals surface area contributed by atoms with Crippen molar-refractivity contribution in [2.24, 2.45) is 0 Å². The fourth-order valence-corrected chi connectivity index (χ4v) is 4.31. The summed E-state index contributed by atoms with van der Waals surface area (Å²) in [5.41, 5.74) is 0. The van der Waals surface area contributed by atoms with Gasteiger partial charge in [-0.1, -0.05) is 0 Å². The van der Waals surface area contributed by atoms with Gasteiger partial charge in [0.15, 0.2) is 6.10 Å². The molecule has 1 rings (SSSR count). The minimum atomic E-state index is -5.78. The van der Waals surface area contributed by atoms with Crippen molar-refractivity contribution >= 4 is 52.0 Å². The lowest BCUT2D eigenvalue weighted by Crippen LogP contribution is -2.63. The van der Waals surface area contributed by atoms with Crippen molar-refractivity contribution in [1.82, 2.24) is 0 Å². The summed E-state index contributed by atoms with van der Waals surface area (Å²) in [5, 5.41) is 0. The molecule has 1 aliphatic rings. The molecule has 0 amide bonds. The summed E-state index contributed by atoms with van der Waals surface area (Å²) in [6.45, 7) is -1.62. The number of ether oxygens (including phenoxy) is 1. The van der Waals surface area contributed by atoms with Gasteiger partial charge in [-0.15, -0.1) is 0 Å². The molecule has 5 atom stereocenters. The normalized spacial score (nSPS) is 28.5. The molecule has 0 aromatic carbocycles. The maximum Gasteiger partial charge on any atom is 0.399 e. The summed E-state index contributed by atoms with van der Waals surface area (Å²) >= 11 is 0. The Balaban J connectivity index is 3.67. The molecular formula is C6H12O21S5. The van der Waals surface area contributed by atoms with Crippen LogP contribution in [-0.4, -0.2) is 102 Å². The fourth-order valence-electron chi connectivity index (χ4n) is 2.11. The zero-order valence-corrected chi connectivity index (χ0v) is 18.5. The Morgan fingerprint density at radius 2 is 0.906 bits per heavy atom.